The zero-order valence-electron chi connectivity index (χ0n) is 23.7. The Bertz CT molecular complexity index is 881. The molecule has 7 heteroatoms. The van der Waals surface area contributed by atoms with E-state index in [0.717, 1.165) is 29.5 Å². The summed E-state index contributed by atoms with van der Waals surface area (Å²) in [5.74, 6) is -0.120. The highest BCUT2D eigenvalue weighted by Gasteiger charge is 2.37. The average Bonchev–Trinajstić information content (AvgIpc) is 2.66. The number of benzene rings is 1. The molecule has 7 nitrogen and oxygen atoms in total. The molecule has 2 unspecified atom stereocenters. The Kier molecular flexibility index (Phi) is 10.8. The van der Waals surface area contributed by atoms with E-state index in [1.54, 1.807) is 25.7 Å². The van der Waals surface area contributed by atoms with Crippen LogP contribution in [0.2, 0.25) is 0 Å². The van der Waals surface area contributed by atoms with Gasteiger partial charge in [-0.15, -0.1) is 0 Å². The van der Waals surface area contributed by atoms with Gasteiger partial charge in [-0.2, -0.15) is 0 Å². The smallest absolute Gasteiger partial charge is 0.408 e. The third-order valence-corrected chi connectivity index (χ3v) is 5.45. The second-order valence-electron chi connectivity index (χ2n) is 12.0. The van der Waals surface area contributed by atoms with E-state index in [0.29, 0.717) is 5.92 Å². The van der Waals surface area contributed by atoms with Crippen LogP contribution in [-0.4, -0.2) is 46.5 Å². The van der Waals surface area contributed by atoms with Crippen LogP contribution in [-0.2, 0) is 14.3 Å². The minimum absolute atomic E-state index is 0.221. The molecular formula is C28H47N3O4. The van der Waals surface area contributed by atoms with Crippen molar-refractivity contribution < 1.29 is 19.1 Å². The van der Waals surface area contributed by atoms with Crippen molar-refractivity contribution >= 4 is 17.9 Å². The number of amides is 3. The van der Waals surface area contributed by atoms with Gasteiger partial charge >= 0.3 is 6.09 Å². The molecule has 3 amide bonds. The predicted octanol–water partition coefficient (Wildman–Crippen LogP) is 5.44. The van der Waals surface area contributed by atoms with E-state index in [4.69, 9.17) is 4.74 Å². The van der Waals surface area contributed by atoms with Crippen LogP contribution in [0.15, 0.2) is 18.2 Å². The molecule has 0 aromatic heterocycles. The molecule has 0 heterocycles. The van der Waals surface area contributed by atoms with Gasteiger partial charge in [0, 0.05) is 11.6 Å². The Morgan fingerprint density at radius 1 is 0.971 bits per heavy atom. The molecule has 0 bridgehead atoms. The molecule has 35 heavy (non-hydrogen) atoms. The molecule has 1 aromatic rings. The van der Waals surface area contributed by atoms with E-state index >= 15 is 0 Å². The molecule has 0 saturated heterocycles. The second-order valence-corrected chi connectivity index (χ2v) is 12.0. The Morgan fingerprint density at radius 3 is 2.06 bits per heavy atom. The topological polar surface area (TPSA) is 87.7 Å². The lowest BCUT2D eigenvalue weighted by molar-refractivity contribution is -0.143. The lowest BCUT2D eigenvalue weighted by Gasteiger charge is -2.38. The van der Waals surface area contributed by atoms with Crippen LogP contribution >= 0.6 is 0 Å². The normalized spacial score (nSPS) is 13.7. The first-order valence-electron chi connectivity index (χ1n) is 12.6. The van der Waals surface area contributed by atoms with Gasteiger partial charge in [0.25, 0.3) is 0 Å². The van der Waals surface area contributed by atoms with E-state index in [-0.39, 0.29) is 24.4 Å². The van der Waals surface area contributed by atoms with E-state index in [1.807, 2.05) is 59.7 Å². The molecule has 0 aliphatic rings. The van der Waals surface area contributed by atoms with Crippen molar-refractivity contribution in [1.29, 1.82) is 0 Å². The highest BCUT2D eigenvalue weighted by molar-refractivity contribution is 5.91. The summed E-state index contributed by atoms with van der Waals surface area (Å²) in [7, 11) is 0. The fourth-order valence-electron chi connectivity index (χ4n) is 3.90. The predicted molar refractivity (Wildman–Crippen MR) is 141 cm³/mol. The second kappa shape index (κ2) is 12.4. The SMILES string of the molecule is Cc1ccc(C(C(=O)NC(C)(C)C)N(C(=O)CNC(=O)OC(C)(C)C)C(C)CCC(C)C)c(C)c1. The summed E-state index contributed by atoms with van der Waals surface area (Å²) in [6, 6.07) is 4.85. The average molecular weight is 490 g/mol. The lowest BCUT2D eigenvalue weighted by atomic mass is 9.93. The van der Waals surface area contributed by atoms with Crippen molar-refractivity contribution in [2.45, 2.75) is 112 Å². The molecule has 2 N–H and O–H groups in total. The first kappa shape index (κ1) is 30.5. The van der Waals surface area contributed by atoms with Gasteiger partial charge in [0.15, 0.2) is 0 Å². The molecular weight excluding hydrogens is 442 g/mol. The van der Waals surface area contributed by atoms with Crippen LogP contribution in [0.5, 0.6) is 0 Å². The van der Waals surface area contributed by atoms with Gasteiger partial charge in [-0.25, -0.2) is 4.79 Å². The molecule has 0 saturated carbocycles. The van der Waals surface area contributed by atoms with Gasteiger partial charge in [-0.3, -0.25) is 9.59 Å². The largest absolute Gasteiger partial charge is 0.444 e. The molecule has 1 aromatic carbocycles. The fraction of sp³-hybridized carbons (Fsp3) is 0.679. The summed E-state index contributed by atoms with van der Waals surface area (Å²) in [5.41, 5.74) is 1.65. The Labute approximate surface area is 212 Å². The van der Waals surface area contributed by atoms with Crippen LogP contribution < -0.4 is 10.6 Å². The lowest BCUT2D eigenvalue weighted by Crippen LogP contribution is -2.54. The minimum Gasteiger partial charge on any atom is -0.444 e. The van der Waals surface area contributed by atoms with Crippen molar-refractivity contribution in [3.63, 3.8) is 0 Å². The van der Waals surface area contributed by atoms with E-state index in [9.17, 15) is 14.4 Å². The minimum atomic E-state index is -0.829. The summed E-state index contributed by atoms with van der Waals surface area (Å²) in [5, 5.41) is 5.64. The van der Waals surface area contributed by atoms with E-state index in [2.05, 4.69) is 24.5 Å². The van der Waals surface area contributed by atoms with Gasteiger partial charge in [0.2, 0.25) is 11.8 Å². The molecule has 0 spiro atoms. The standard InChI is InChI=1S/C28H47N3O4/c1-18(2)12-14-21(5)31(23(32)17-29-26(34)35-28(9,10)11)24(25(33)30-27(6,7)8)22-15-13-19(3)16-20(22)4/h13,15-16,18,21,24H,12,14,17H2,1-11H3,(H,29,34)(H,30,33). The number of rotatable bonds is 9. The Morgan fingerprint density at radius 2 is 1.57 bits per heavy atom. The first-order chi connectivity index (χ1) is 15.9. The van der Waals surface area contributed by atoms with Gasteiger partial charge in [0.1, 0.15) is 18.2 Å². The molecule has 1 rings (SSSR count). The third-order valence-electron chi connectivity index (χ3n) is 5.45. The molecule has 0 aliphatic heterocycles. The van der Waals surface area contributed by atoms with Crippen molar-refractivity contribution in [2.24, 2.45) is 5.92 Å². The number of aryl methyl sites for hydroxylation is 2. The molecule has 0 fully saturated rings. The van der Waals surface area contributed by atoms with Crippen LogP contribution in [0.1, 0.15) is 97.9 Å². The quantitative estimate of drug-likeness (QED) is 0.484. The number of hydrogen-bond donors (Lipinski definition) is 2. The summed E-state index contributed by atoms with van der Waals surface area (Å²) >= 11 is 0. The maximum atomic E-state index is 13.7. The number of alkyl carbamates (subject to hydrolysis) is 1. The Hall–Kier alpha value is -2.57. The number of nitrogens with zero attached hydrogens (tertiary/aromatic N) is 1. The van der Waals surface area contributed by atoms with Crippen LogP contribution in [0.25, 0.3) is 0 Å². The summed E-state index contributed by atoms with van der Waals surface area (Å²) in [4.78, 5) is 41.2. The van der Waals surface area contributed by atoms with Crippen molar-refractivity contribution in [3.8, 4) is 0 Å². The number of nitrogens with one attached hydrogen (secondary N) is 2. The number of ether oxygens (including phenoxy) is 1. The monoisotopic (exact) mass is 489 g/mol. The zero-order valence-corrected chi connectivity index (χ0v) is 23.7. The molecule has 0 radical (unpaired) electrons. The fourth-order valence-corrected chi connectivity index (χ4v) is 3.90. The molecule has 198 valence electrons. The first-order valence-corrected chi connectivity index (χ1v) is 12.6. The summed E-state index contributed by atoms with van der Waals surface area (Å²) < 4.78 is 5.30. The van der Waals surface area contributed by atoms with Crippen molar-refractivity contribution in [1.82, 2.24) is 15.5 Å². The highest BCUT2D eigenvalue weighted by atomic mass is 16.6. The molecule has 2 atom stereocenters. The number of carbonyl (C=O) groups excluding carboxylic acids is 3. The Balaban J connectivity index is 3.44. The van der Waals surface area contributed by atoms with E-state index < -0.39 is 23.3 Å². The van der Waals surface area contributed by atoms with Gasteiger partial charge in [-0.05, 0) is 92.2 Å². The van der Waals surface area contributed by atoms with Gasteiger partial charge < -0.3 is 20.3 Å². The van der Waals surface area contributed by atoms with E-state index in [1.165, 1.54) is 0 Å². The van der Waals surface area contributed by atoms with Crippen molar-refractivity contribution in [2.75, 3.05) is 6.54 Å². The molecule has 0 aliphatic carbocycles. The highest BCUT2D eigenvalue weighted by Crippen LogP contribution is 2.30. The summed E-state index contributed by atoms with van der Waals surface area (Å²) in [6.07, 6.45) is 0.980. The van der Waals surface area contributed by atoms with Gasteiger partial charge in [-0.1, -0.05) is 37.6 Å². The van der Waals surface area contributed by atoms with Gasteiger partial charge in [0.05, 0.1) is 0 Å². The zero-order chi connectivity index (χ0) is 27.1. The third kappa shape index (κ3) is 10.7. The van der Waals surface area contributed by atoms with Crippen LogP contribution in [0.4, 0.5) is 4.79 Å². The number of hydrogen-bond acceptors (Lipinski definition) is 4. The maximum absolute atomic E-state index is 13.7. The van der Waals surface area contributed by atoms with Crippen LogP contribution in [0, 0.1) is 19.8 Å². The summed E-state index contributed by atoms with van der Waals surface area (Å²) in [6.45, 7) is 21.0. The number of carbonyl (C=O) groups is 3. The van der Waals surface area contributed by atoms with Crippen molar-refractivity contribution in [3.05, 3.63) is 34.9 Å². The maximum Gasteiger partial charge on any atom is 0.408 e. The van der Waals surface area contributed by atoms with Crippen LogP contribution in [0.3, 0.4) is 0 Å².